The van der Waals surface area contributed by atoms with E-state index in [2.05, 4.69) is 21.8 Å². The third kappa shape index (κ3) is 6.88. The first-order valence-electron chi connectivity index (χ1n) is 11.6. The third-order valence-electron chi connectivity index (χ3n) is 5.93. The first-order chi connectivity index (χ1) is 16.2. The average molecular weight is 488 g/mol. The summed E-state index contributed by atoms with van der Waals surface area (Å²) in [4.78, 5) is 29.4. The summed E-state index contributed by atoms with van der Waals surface area (Å²) in [6.07, 6.45) is -0.263. The maximum absolute atomic E-state index is 12.8. The SMILES string of the molecule is CCC(C)NS(=O)(=O)c1ccc(C(=O)OC(C)C(=O)N2CCN(Cc3ccccc3)CC2)cc1. The molecule has 1 fully saturated rings. The number of carbonyl (C=O) groups is 2. The normalized spacial score (nSPS) is 16.6. The van der Waals surface area contributed by atoms with E-state index >= 15 is 0 Å². The molecule has 1 aliphatic heterocycles. The number of nitrogens with one attached hydrogen (secondary N) is 1. The van der Waals surface area contributed by atoms with E-state index in [-0.39, 0.29) is 22.4 Å². The Kier molecular flexibility index (Phi) is 8.82. The Morgan fingerprint density at radius 2 is 1.59 bits per heavy atom. The van der Waals surface area contributed by atoms with Gasteiger partial charge in [0.2, 0.25) is 10.0 Å². The Morgan fingerprint density at radius 1 is 0.971 bits per heavy atom. The molecule has 0 aromatic heterocycles. The lowest BCUT2D eigenvalue weighted by molar-refractivity contribution is -0.141. The molecule has 0 saturated carbocycles. The van der Waals surface area contributed by atoms with Crippen molar-refractivity contribution in [3.63, 3.8) is 0 Å². The Hall–Kier alpha value is -2.75. The number of ether oxygens (including phenoxy) is 1. The number of sulfonamides is 1. The van der Waals surface area contributed by atoms with Gasteiger partial charge in [-0.05, 0) is 50.1 Å². The zero-order valence-corrected chi connectivity index (χ0v) is 20.8. The molecule has 184 valence electrons. The predicted octanol–water partition coefficient (Wildman–Crippen LogP) is 2.65. The Bertz CT molecular complexity index is 1070. The molecule has 0 aliphatic carbocycles. The highest BCUT2D eigenvalue weighted by molar-refractivity contribution is 7.89. The Labute approximate surface area is 201 Å². The van der Waals surface area contributed by atoms with E-state index in [1.165, 1.54) is 29.8 Å². The van der Waals surface area contributed by atoms with E-state index in [0.29, 0.717) is 19.5 Å². The fraction of sp³-hybridized carbons (Fsp3) is 0.440. The van der Waals surface area contributed by atoms with Crippen LogP contribution in [-0.2, 0) is 26.1 Å². The molecular formula is C25H33N3O5S. The third-order valence-corrected chi connectivity index (χ3v) is 7.54. The lowest BCUT2D eigenvalue weighted by atomic mass is 10.2. The Morgan fingerprint density at radius 3 is 2.18 bits per heavy atom. The number of esters is 1. The molecule has 2 aromatic rings. The molecule has 0 bridgehead atoms. The van der Waals surface area contributed by atoms with E-state index in [4.69, 9.17) is 4.74 Å². The van der Waals surface area contributed by atoms with Crippen LogP contribution in [0.3, 0.4) is 0 Å². The summed E-state index contributed by atoms with van der Waals surface area (Å²) < 4.78 is 32.7. The van der Waals surface area contributed by atoms with Gasteiger partial charge >= 0.3 is 5.97 Å². The van der Waals surface area contributed by atoms with Crippen LogP contribution in [0.25, 0.3) is 0 Å². The smallest absolute Gasteiger partial charge is 0.338 e. The summed E-state index contributed by atoms with van der Waals surface area (Å²) in [6.45, 7) is 8.72. The molecule has 1 heterocycles. The minimum atomic E-state index is -3.66. The molecule has 9 heteroatoms. The molecule has 0 spiro atoms. The van der Waals surface area contributed by atoms with Crippen LogP contribution >= 0.6 is 0 Å². The van der Waals surface area contributed by atoms with E-state index in [0.717, 1.165) is 19.6 Å². The molecule has 8 nitrogen and oxygen atoms in total. The molecule has 0 radical (unpaired) electrons. The number of nitrogens with zero attached hydrogens (tertiary/aromatic N) is 2. The van der Waals surface area contributed by atoms with Gasteiger partial charge in [-0.3, -0.25) is 9.69 Å². The predicted molar refractivity (Wildman–Crippen MR) is 130 cm³/mol. The number of hydrogen-bond donors (Lipinski definition) is 1. The number of rotatable bonds is 9. The first kappa shape index (κ1) is 25.9. The zero-order chi connectivity index (χ0) is 24.7. The van der Waals surface area contributed by atoms with Crippen molar-refractivity contribution in [2.45, 2.75) is 50.8 Å². The van der Waals surface area contributed by atoms with Crippen molar-refractivity contribution in [3.05, 3.63) is 65.7 Å². The van der Waals surface area contributed by atoms with Gasteiger partial charge in [0.1, 0.15) is 0 Å². The summed E-state index contributed by atoms with van der Waals surface area (Å²) in [7, 11) is -3.66. The number of piperazine rings is 1. The van der Waals surface area contributed by atoms with Crippen LogP contribution in [0, 0.1) is 0 Å². The minimum absolute atomic E-state index is 0.0712. The van der Waals surface area contributed by atoms with Crippen molar-refractivity contribution < 1.29 is 22.7 Å². The van der Waals surface area contributed by atoms with Crippen LogP contribution < -0.4 is 4.72 Å². The number of amides is 1. The quantitative estimate of drug-likeness (QED) is 0.547. The van der Waals surface area contributed by atoms with Crippen LogP contribution in [-0.4, -0.2) is 68.4 Å². The lowest BCUT2D eigenvalue weighted by Gasteiger charge is -2.35. The summed E-state index contributed by atoms with van der Waals surface area (Å²) >= 11 is 0. The van der Waals surface area contributed by atoms with Gasteiger partial charge in [0.25, 0.3) is 5.91 Å². The van der Waals surface area contributed by atoms with Crippen LogP contribution in [0.2, 0.25) is 0 Å². The van der Waals surface area contributed by atoms with E-state index in [1.807, 2.05) is 25.1 Å². The minimum Gasteiger partial charge on any atom is -0.449 e. The van der Waals surface area contributed by atoms with E-state index < -0.39 is 22.1 Å². The molecule has 3 rings (SSSR count). The highest BCUT2D eigenvalue weighted by Crippen LogP contribution is 2.15. The maximum atomic E-state index is 12.8. The van der Waals surface area contributed by atoms with Crippen molar-refractivity contribution in [2.75, 3.05) is 26.2 Å². The molecule has 34 heavy (non-hydrogen) atoms. The highest BCUT2D eigenvalue weighted by atomic mass is 32.2. The second-order valence-electron chi connectivity index (χ2n) is 8.59. The number of benzene rings is 2. The van der Waals surface area contributed by atoms with Gasteiger partial charge in [-0.2, -0.15) is 0 Å². The van der Waals surface area contributed by atoms with Crippen molar-refractivity contribution in [1.29, 1.82) is 0 Å². The fourth-order valence-electron chi connectivity index (χ4n) is 3.69. The number of carbonyl (C=O) groups excluding carboxylic acids is 2. The first-order valence-corrected chi connectivity index (χ1v) is 13.1. The second-order valence-corrected chi connectivity index (χ2v) is 10.3. The van der Waals surface area contributed by atoms with Gasteiger partial charge in [0, 0.05) is 38.8 Å². The van der Waals surface area contributed by atoms with Crippen LogP contribution in [0.15, 0.2) is 59.5 Å². The molecule has 2 aromatic carbocycles. The molecule has 1 amide bonds. The van der Waals surface area contributed by atoms with Gasteiger partial charge in [-0.1, -0.05) is 37.3 Å². The Balaban J connectivity index is 1.51. The van der Waals surface area contributed by atoms with Crippen LogP contribution in [0.4, 0.5) is 0 Å². The molecule has 2 atom stereocenters. The maximum Gasteiger partial charge on any atom is 0.338 e. The van der Waals surface area contributed by atoms with Crippen molar-refractivity contribution >= 4 is 21.9 Å². The standard InChI is InChI=1S/C25H33N3O5S/c1-4-19(2)26-34(31,32)23-12-10-22(11-13-23)25(30)33-20(3)24(29)28-16-14-27(15-17-28)18-21-8-6-5-7-9-21/h5-13,19-20,26H,4,14-18H2,1-3H3. The monoisotopic (exact) mass is 487 g/mol. The van der Waals surface area contributed by atoms with Crippen LogP contribution in [0.5, 0.6) is 0 Å². The van der Waals surface area contributed by atoms with Crippen molar-refractivity contribution in [1.82, 2.24) is 14.5 Å². The summed E-state index contributed by atoms with van der Waals surface area (Å²) in [5.74, 6) is -0.896. The van der Waals surface area contributed by atoms with Gasteiger partial charge in [0.15, 0.2) is 6.10 Å². The van der Waals surface area contributed by atoms with E-state index in [1.54, 1.807) is 18.7 Å². The second kappa shape index (κ2) is 11.6. The van der Waals surface area contributed by atoms with Crippen molar-refractivity contribution in [2.24, 2.45) is 0 Å². The molecule has 1 aliphatic rings. The van der Waals surface area contributed by atoms with Gasteiger partial charge in [0.05, 0.1) is 10.5 Å². The largest absolute Gasteiger partial charge is 0.449 e. The molecular weight excluding hydrogens is 454 g/mol. The summed E-state index contributed by atoms with van der Waals surface area (Å²) in [5.41, 5.74) is 1.42. The fourth-order valence-corrected chi connectivity index (χ4v) is 5.02. The zero-order valence-electron chi connectivity index (χ0n) is 19.9. The van der Waals surface area contributed by atoms with E-state index in [9.17, 15) is 18.0 Å². The van der Waals surface area contributed by atoms with Gasteiger partial charge in [-0.25, -0.2) is 17.9 Å². The molecule has 2 unspecified atom stereocenters. The topological polar surface area (TPSA) is 96.0 Å². The van der Waals surface area contributed by atoms with Crippen LogP contribution in [0.1, 0.15) is 43.1 Å². The van der Waals surface area contributed by atoms with Gasteiger partial charge in [-0.15, -0.1) is 0 Å². The lowest BCUT2D eigenvalue weighted by Crippen LogP contribution is -2.51. The summed E-state index contributed by atoms with van der Waals surface area (Å²) in [5, 5.41) is 0. The number of hydrogen-bond acceptors (Lipinski definition) is 6. The molecule has 1 saturated heterocycles. The highest BCUT2D eigenvalue weighted by Gasteiger charge is 2.27. The average Bonchev–Trinajstić information content (AvgIpc) is 2.84. The van der Waals surface area contributed by atoms with Gasteiger partial charge < -0.3 is 9.64 Å². The molecule has 1 N–H and O–H groups in total. The summed E-state index contributed by atoms with van der Waals surface area (Å²) in [6, 6.07) is 15.5. The van der Waals surface area contributed by atoms with Crippen molar-refractivity contribution in [3.8, 4) is 0 Å².